The van der Waals surface area contributed by atoms with E-state index < -0.39 is 22.1 Å². The molecule has 0 spiro atoms. The van der Waals surface area contributed by atoms with Gasteiger partial charge in [-0.05, 0) is 31.4 Å². The molecule has 6 heteroatoms. The van der Waals surface area contributed by atoms with Gasteiger partial charge in [0.25, 0.3) is 5.69 Å². The second-order valence-corrected chi connectivity index (χ2v) is 5.00. The summed E-state index contributed by atoms with van der Waals surface area (Å²) in [6.45, 7) is 0. The second-order valence-electron chi connectivity index (χ2n) is 5.00. The highest BCUT2D eigenvalue weighted by Crippen LogP contribution is 2.42. The zero-order valence-corrected chi connectivity index (χ0v) is 10.3. The Morgan fingerprint density at radius 2 is 2.05 bits per heavy atom. The molecule has 1 aromatic rings. The molecule has 0 bridgehead atoms. The lowest BCUT2D eigenvalue weighted by molar-refractivity contribution is -0.385. The number of hydrogen-bond acceptors (Lipinski definition) is 3. The number of nitro groups is 1. The number of carboxylic acids is 1. The highest BCUT2D eigenvalue weighted by atomic mass is 19.1. The zero-order valence-electron chi connectivity index (χ0n) is 10.3. The Morgan fingerprint density at radius 3 is 2.58 bits per heavy atom. The molecule has 0 radical (unpaired) electrons. The van der Waals surface area contributed by atoms with E-state index in [1.165, 1.54) is 0 Å². The predicted molar refractivity (Wildman–Crippen MR) is 65.3 cm³/mol. The summed E-state index contributed by atoms with van der Waals surface area (Å²) >= 11 is 0. The first kappa shape index (κ1) is 13.5. The average molecular weight is 267 g/mol. The van der Waals surface area contributed by atoms with Gasteiger partial charge in [-0.1, -0.05) is 12.8 Å². The molecule has 0 unspecified atom stereocenters. The maximum absolute atomic E-state index is 13.2. The lowest BCUT2D eigenvalue weighted by Crippen LogP contribution is -2.30. The molecule has 0 amide bonds. The summed E-state index contributed by atoms with van der Waals surface area (Å²) in [7, 11) is 0. The summed E-state index contributed by atoms with van der Waals surface area (Å²) in [6.07, 6.45) is 2.55. The van der Waals surface area contributed by atoms with Gasteiger partial charge in [0.1, 0.15) is 5.82 Å². The molecule has 102 valence electrons. The third-order valence-electron chi connectivity index (χ3n) is 3.78. The molecule has 2 rings (SSSR count). The number of nitrogens with zero attached hydrogens (tertiary/aromatic N) is 1. The van der Waals surface area contributed by atoms with Crippen LogP contribution in [-0.2, 0) is 11.2 Å². The number of carbonyl (C=O) groups is 1. The number of benzene rings is 1. The van der Waals surface area contributed by atoms with E-state index in [2.05, 4.69) is 0 Å². The van der Waals surface area contributed by atoms with E-state index in [9.17, 15) is 24.4 Å². The lowest BCUT2D eigenvalue weighted by atomic mass is 9.79. The van der Waals surface area contributed by atoms with Crippen LogP contribution >= 0.6 is 0 Å². The van der Waals surface area contributed by atoms with Gasteiger partial charge < -0.3 is 5.11 Å². The fourth-order valence-electron chi connectivity index (χ4n) is 2.76. The van der Waals surface area contributed by atoms with Gasteiger partial charge in [0.15, 0.2) is 0 Å². The Morgan fingerprint density at radius 1 is 1.42 bits per heavy atom. The second kappa shape index (κ2) is 4.95. The van der Waals surface area contributed by atoms with Crippen LogP contribution in [0.5, 0.6) is 0 Å². The Kier molecular flexibility index (Phi) is 3.50. The summed E-state index contributed by atoms with van der Waals surface area (Å²) in [5.74, 6) is -1.54. The predicted octanol–water partition coefficient (Wildman–Crippen LogP) is 2.92. The van der Waals surface area contributed by atoms with Crippen LogP contribution in [0.4, 0.5) is 10.1 Å². The van der Waals surface area contributed by atoms with Crippen molar-refractivity contribution in [2.45, 2.75) is 32.1 Å². The van der Waals surface area contributed by atoms with Crippen molar-refractivity contribution >= 4 is 11.7 Å². The van der Waals surface area contributed by atoms with Crippen LogP contribution in [-0.4, -0.2) is 16.0 Å². The Bertz CT molecular complexity index is 523. The SMILES string of the molecule is O=C(O)C1(Cc2cc(F)ccc2[N+](=O)[O-])CCCC1. The maximum Gasteiger partial charge on any atom is 0.309 e. The number of halogens is 1. The first-order chi connectivity index (χ1) is 8.94. The van der Waals surface area contributed by atoms with Gasteiger partial charge in [-0.2, -0.15) is 0 Å². The average Bonchev–Trinajstić information content (AvgIpc) is 2.78. The third kappa shape index (κ3) is 2.57. The van der Waals surface area contributed by atoms with Gasteiger partial charge in [0.05, 0.1) is 10.3 Å². The lowest BCUT2D eigenvalue weighted by Gasteiger charge is -2.23. The van der Waals surface area contributed by atoms with Crippen LogP contribution in [0.25, 0.3) is 0 Å². The first-order valence-corrected chi connectivity index (χ1v) is 6.11. The van der Waals surface area contributed by atoms with E-state index in [4.69, 9.17) is 0 Å². The Hall–Kier alpha value is -1.98. The van der Waals surface area contributed by atoms with Gasteiger partial charge in [-0.15, -0.1) is 0 Å². The fraction of sp³-hybridized carbons (Fsp3) is 0.462. The number of nitro benzene ring substituents is 1. The quantitative estimate of drug-likeness (QED) is 0.671. The topological polar surface area (TPSA) is 80.4 Å². The molecule has 5 nitrogen and oxygen atoms in total. The van der Waals surface area contributed by atoms with E-state index in [1.807, 2.05) is 0 Å². The van der Waals surface area contributed by atoms with Crippen LogP contribution in [0.2, 0.25) is 0 Å². The number of aliphatic carboxylic acids is 1. The standard InChI is InChI=1S/C13H14FNO4/c14-10-3-4-11(15(18)19)9(7-10)8-13(12(16)17)5-1-2-6-13/h3-4,7H,1-2,5-6,8H2,(H,16,17). The molecule has 1 N–H and O–H groups in total. The van der Waals surface area contributed by atoms with Crippen LogP contribution in [0.15, 0.2) is 18.2 Å². The van der Waals surface area contributed by atoms with E-state index in [0.717, 1.165) is 31.0 Å². The molecule has 1 aliphatic rings. The molecular formula is C13H14FNO4. The summed E-state index contributed by atoms with van der Waals surface area (Å²) in [4.78, 5) is 21.7. The largest absolute Gasteiger partial charge is 0.481 e. The molecule has 0 saturated heterocycles. The van der Waals surface area contributed by atoms with Gasteiger partial charge in [-0.3, -0.25) is 14.9 Å². The van der Waals surface area contributed by atoms with Crippen molar-refractivity contribution < 1.29 is 19.2 Å². The van der Waals surface area contributed by atoms with Crippen molar-refractivity contribution in [2.75, 3.05) is 0 Å². The smallest absolute Gasteiger partial charge is 0.309 e. The molecular weight excluding hydrogens is 253 g/mol. The molecule has 0 aliphatic heterocycles. The van der Waals surface area contributed by atoms with Crippen LogP contribution in [0.3, 0.4) is 0 Å². The number of hydrogen-bond donors (Lipinski definition) is 1. The normalized spacial score (nSPS) is 17.3. The van der Waals surface area contributed by atoms with Crippen LogP contribution in [0.1, 0.15) is 31.2 Å². The summed E-state index contributed by atoms with van der Waals surface area (Å²) in [5.41, 5.74) is -1.04. The van der Waals surface area contributed by atoms with E-state index in [1.54, 1.807) is 0 Å². The van der Waals surface area contributed by atoms with Crippen molar-refractivity contribution in [3.63, 3.8) is 0 Å². The molecule has 1 saturated carbocycles. The molecule has 0 atom stereocenters. The zero-order chi connectivity index (χ0) is 14.0. The minimum atomic E-state index is -0.988. The van der Waals surface area contributed by atoms with Crippen molar-refractivity contribution in [1.29, 1.82) is 0 Å². The van der Waals surface area contributed by atoms with E-state index in [-0.39, 0.29) is 17.7 Å². The van der Waals surface area contributed by atoms with Crippen molar-refractivity contribution in [3.8, 4) is 0 Å². The summed E-state index contributed by atoms with van der Waals surface area (Å²) < 4.78 is 13.2. The van der Waals surface area contributed by atoms with Crippen molar-refractivity contribution in [1.82, 2.24) is 0 Å². The van der Waals surface area contributed by atoms with E-state index >= 15 is 0 Å². The minimum Gasteiger partial charge on any atom is -0.481 e. The van der Waals surface area contributed by atoms with Gasteiger partial charge in [0, 0.05) is 11.6 Å². The van der Waals surface area contributed by atoms with Gasteiger partial charge in [-0.25, -0.2) is 4.39 Å². The maximum atomic E-state index is 13.2. The monoisotopic (exact) mass is 267 g/mol. The van der Waals surface area contributed by atoms with Crippen LogP contribution in [0, 0.1) is 21.3 Å². The van der Waals surface area contributed by atoms with Crippen molar-refractivity contribution in [2.24, 2.45) is 5.41 Å². The molecule has 1 aliphatic carbocycles. The number of rotatable bonds is 4. The fourth-order valence-corrected chi connectivity index (χ4v) is 2.76. The van der Waals surface area contributed by atoms with Gasteiger partial charge in [0.2, 0.25) is 0 Å². The highest BCUT2D eigenvalue weighted by Gasteiger charge is 2.42. The Labute approximate surface area is 109 Å². The minimum absolute atomic E-state index is 0.0103. The summed E-state index contributed by atoms with van der Waals surface area (Å²) in [5, 5.41) is 20.3. The van der Waals surface area contributed by atoms with E-state index in [0.29, 0.717) is 12.8 Å². The third-order valence-corrected chi connectivity index (χ3v) is 3.78. The molecule has 1 fully saturated rings. The van der Waals surface area contributed by atoms with Crippen LogP contribution < -0.4 is 0 Å². The van der Waals surface area contributed by atoms with Gasteiger partial charge >= 0.3 is 5.97 Å². The Balaban J connectivity index is 2.39. The molecule has 0 heterocycles. The molecule has 0 aromatic heterocycles. The number of carboxylic acid groups (broad SMARTS) is 1. The summed E-state index contributed by atoms with van der Waals surface area (Å²) in [6, 6.07) is 3.18. The molecule has 1 aromatic carbocycles. The molecule has 19 heavy (non-hydrogen) atoms. The highest BCUT2D eigenvalue weighted by molar-refractivity contribution is 5.75. The van der Waals surface area contributed by atoms with Crippen molar-refractivity contribution in [3.05, 3.63) is 39.7 Å². The first-order valence-electron chi connectivity index (χ1n) is 6.11.